The maximum atomic E-state index is 12.1. The molecule has 17 heavy (non-hydrogen) atoms. The largest absolute Gasteiger partial charge is 0.339 e. The molecular formula is C11H16BrClN2OS. The first-order valence-corrected chi connectivity index (χ1v) is 6.96. The second kappa shape index (κ2) is 5.69. The van der Waals surface area contributed by atoms with E-state index in [2.05, 4.69) is 15.9 Å². The molecule has 3 nitrogen and oxygen atoms in total. The van der Waals surface area contributed by atoms with Crippen LogP contribution in [-0.2, 0) is 11.3 Å². The first kappa shape index (κ1) is 15.0. The van der Waals surface area contributed by atoms with Crippen molar-refractivity contribution in [1.29, 1.82) is 0 Å². The molecule has 0 aliphatic heterocycles. The molecule has 2 N–H and O–H groups in total. The molecular weight excluding hydrogens is 324 g/mol. The Balaban J connectivity index is 0.00000144. The highest BCUT2D eigenvalue weighted by Crippen LogP contribution is 2.31. The van der Waals surface area contributed by atoms with Gasteiger partial charge < -0.3 is 10.6 Å². The van der Waals surface area contributed by atoms with Gasteiger partial charge in [-0.3, -0.25) is 4.79 Å². The number of hydrogen-bond acceptors (Lipinski definition) is 3. The number of halogens is 2. The van der Waals surface area contributed by atoms with E-state index in [0.717, 1.165) is 23.7 Å². The van der Waals surface area contributed by atoms with Crippen LogP contribution in [-0.4, -0.2) is 23.4 Å². The molecule has 1 heterocycles. The maximum absolute atomic E-state index is 12.1. The fourth-order valence-corrected chi connectivity index (χ4v) is 3.40. The van der Waals surface area contributed by atoms with Crippen LogP contribution in [0.1, 0.15) is 24.1 Å². The van der Waals surface area contributed by atoms with Gasteiger partial charge in [-0.05, 0) is 41.3 Å². The van der Waals surface area contributed by atoms with Gasteiger partial charge >= 0.3 is 0 Å². The van der Waals surface area contributed by atoms with Gasteiger partial charge in [-0.1, -0.05) is 0 Å². The monoisotopic (exact) mass is 338 g/mol. The third-order valence-electron chi connectivity index (χ3n) is 3.03. The number of carbonyl (C=O) groups excluding carboxylic acids is 1. The van der Waals surface area contributed by atoms with E-state index < -0.39 is 5.54 Å². The van der Waals surface area contributed by atoms with E-state index in [1.54, 1.807) is 16.2 Å². The number of nitrogens with zero attached hydrogens (tertiary/aromatic N) is 1. The SMILES string of the molecule is CN(Cc1cc(Br)cs1)C(=O)C1(N)CCC1.Cl. The zero-order chi connectivity index (χ0) is 11.8. The van der Waals surface area contributed by atoms with Crippen molar-refractivity contribution >= 4 is 45.6 Å². The molecule has 0 aromatic carbocycles. The van der Waals surface area contributed by atoms with Gasteiger partial charge in [-0.15, -0.1) is 23.7 Å². The Labute approximate surface area is 120 Å². The van der Waals surface area contributed by atoms with E-state index in [0.29, 0.717) is 6.54 Å². The molecule has 1 aliphatic carbocycles. The summed E-state index contributed by atoms with van der Waals surface area (Å²) in [7, 11) is 1.82. The minimum atomic E-state index is -0.580. The average molecular weight is 340 g/mol. The van der Waals surface area contributed by atoms with E-state index >= 15 is 0 Å². The molecule has 0 atom stereocenters. The van der Waals surface area contributed by atoms with Crippen LogP contribution in [0.4, 0.5) is 0 Å². The highest BCUT2D eigenvalue weighted by Gasteiger charge is 2.41. The van der Waals surface area contributed by atoms with Crippen molar-refractivity contribution in [3.05, 3.63) is 20.8 Å². The van der Waals surface area contributed by atoms with Gasteiger partial charge in [0.05, 0.1) is 12.1 Å². The van der Waals surface area contributed by atoms with Crippen molar-refractivity contribution in [2.24, 2.45) is 5.73 Å². The van der Waals surface area contributed by atoms with Gasteiger partial charge in [0.25, 0.3) is 0 Å². The molecule has 1 aromatic rings. The fourth-order valence-electron chi connectivity index (χ4n) is 1.89. The number of amides is 1. The van der Waals surface area contributed by atoms with Crippen LogP contribution in [0.3, 0.4) is 0 Å². The van der Waals surface area contributed by atoms with Crippen molar-refractivity contribution in [3.8, 4) is 0 Å². The summed E-state index contributed by atoms with van der Waals surface area (Å²) in [4.78, 5) is 15.0. The van der Waals surface area contributed by atoms with Crippen LogP contribution >= 0.6 is 39.7 Å². The summed E-state index contributed by atoms with van der Waals surface area (Å²) in [6.07, 6.45) is 2.72. The number of hydrogen-bond donors (Lipinski definition) is 1. The van der Waals surface area contributed by atoms with Gasteiger partial charge in [0.15, 0.2) is 0 Å². The van der Waals surface area contributed by atoms with Gasteiger partial charge in [0, 0.05) is 21.8 Å². The van der Waals surface area contributed by atoms with Crippen molar-refractivity contribution in [1.82, 2.24) is 4.90 Å². The second-order valence-corrected chi connectivity index (χ2v) is 6.31. The average Bonchev–Trinajstić information content (AvgIpc) is 2.59. The summed E-state index contributed by atoms with van der Waals surface area (Å²) in [5.41, 5.74) is 5.43. The van der Waals surface area contributed by atoms with Gasteiger partial charge in [0.2, 0.25) is 5.91 Å². The molecule has 0 bridgehead atoms. The number of rotatable bonds is 3. The van der Waals surface area contributed by atoms with Crippen LogP contribution in [0, 0.1) is 0 Å². The second-order valence-electron chi connectivity index (χ2n) is 4.40. The van der Waals surface area contributed by atoms with Crippen molar-refractivity contribution in [2.75, 3.05) is 7.05 Å². The Kier molecular flexibility index (Phi) is 5.01. The standard InChI is InChI=1S/C11H15BrN2OS.ClH/c1-14(6-9-5-8(12)7-16-9)10(15)11(13)3-2-4-11;/h5,7H,2-4,6,13H2,1H3;1H. The summed E-state index contributed by atoms with van der Waals surface area (Å²) < 4.78 is 1.07. The van der Waals surface area contributed by atoms with Crippen molar-refractivity contribution < 1.29 is 4.79 Å². The Morgan fingerprint density at radius 1 is 1.65 bits per heavy atom. The fraction of sp³-hybridized carbons (Fsp3) is 0.545. The van der Waals surface area contributed by atoms with Crippen molar-refractivity contribution in [3.63, 3.8) is 0 Å². The summed E-state index contributed by atoms with van der Waals surface area (Å²) in [5.74, 6) is 0.0725. The predicted octanol–water partition coefficient (Wildman–Crippen LogP) is 2.77. The number of thiophene rings is 1. The minimum absolute atomic E-state index is 0. The molecule has 1 amide bonds. The van der Waals surface area contributed by atoms with Gasteiger partial charge in [-0.2, -0.15) is 0 Å². The first-order chi connectivity index (χ1) is 7.51. The zero-order valence-corrected chi connectivity index (χ0v) is 12.8. The molecule has 96 valence electrons. The lowest BCUT2D eigenvalue weighted by atomic mass is 9.76. The molecule has 1 aromatic heterocycles. The highest BCUT2D eigenvalue weighted by atomic mass is 79.9. The van der Waals surface area contributed by atoms with Crippen LogP contribution in [0.25, 0.3) is 0 Å². The lowest BCUT2D eigenvalue weighted by Crippen LogP contribution is -2.58. The Morgan fingerprint density at radius 2 is 2.29 bits per heavy atom. The van der Waals surface area contributed by atoms with Crippen LogP contribution < -0.4 is 5.73 Å². The smallest absolute Gasteiger partial charge is 0.242 e. The Morgan fingerprint density at radius 3 is 2.71 bits per heavy atom. The van der Waals surface area contributed by atoms with Gasteiger partial charge in [-0.25, -0.2) is 0 Å². The molecule has 1 saturated carbocycles. The number of carbonyl (C=O) groups is 1. The maximum Gasteiger partial charge on any atom is 0.242 e. The number of likely N-dealkylation sites (N-methyl/N-ethyl adjacent to an activating group) is 1. The molecule has 2 rings (SSSR count). The van der Waals surface area contributed by atoms with Gasteiger partial charge in [0.1, 0.15) is 0 Å². The molecule has 0 radical (unpaired) electrons. The molecule has 0 saturated heterocycles. The third-order valence-corrected chi connectivity index (χ3v) is 4.72. The quantitative estimate of drug-likeness (QED) is 0.920. The Hall–Kier alpha value is -0.100. The van der Waals surface area contributed by atoms with Crippen LogP contribution in [0.2, 0.25) is 0 Å². The number of nitrogens with two attached hydrogens (primary N) is 1. The van der Waals surface area contributed by atoms with Crippen LogP contribution in [0.5, 0.6) is 0 Å². The van der Waals surface area contributed by atoms with E-state index in [9.17, 15) is 4.79 Å². The van der Waals surface area contributed by atoms with E-state index in [1.807, 2.05) is 18.5 Å². The van der Waals surface area contributed by atoms with Crippen molar-refractivity contribution in [2.45, 2.75) is 31.3 Å². The zero-order valence-electron chi connectivity index (χ0n) is 9.61. The third kappa shape index (κ3) is 3.22. The normalized spacial score (nSPS) is 16.9. The molecule has 6 heteroatoms. The molecule has 0 spiro atoms. The summed E-state index contributed by atoms with van der Waals surface area (Å²) in [5, 5.41) is 2.02. The van der Waals surface area contributed by atoms with E-state index in [-0.39, 0.29) is 18.3 Å². The molecule has 1 fully saturated rings. The highest BCUT2D eigenvalue weighted by molar-refractivity contribution is 9.10. The van der Waals surface area contributed by atoms with Crippen LogP contribution in [0.15, 0.2) is 15.9 Å². The summed E-state index contributed by atoms with van der Waals surface area (Å²) in [6.45, 7) is 0.647. The topological polar surface area (TPSA) is 46.3 Å². The lowest BCUT2D eigenvalue weighted by molar-refractivity contribution is -0.139. The molecule has 1 aliphatic rings. The predicted molar refractivity (Wildman–Crippen MR) is 76.5 cm³/mol. The summed E-state index contributed by atoms with van der Waals surface area (Å²) >= 11 is 5.06. The Bertz CT molecular complexity index is 406. The minimum Gasteiger partial charge on any atom is -0.339 e. The lowest BCUT2D eigenvalue weighted by Gasteiger charge is -2.39. The van der Waals surface area contributed by atoms with E-state index in [1.165, 1.54) is 4.88 Å². The summed E-state index contributed by atoms with van der Waals surface area (Å²) in [6, 6.07) is 2.04. The first-order valence-electron chi connectivity index (χ1n) is 5.29. The molecule has 0 unspecified atom stereocenters. The van der Waals surface area contributed by atoms with E-state index in [4.69, 9.17) is 5.73 Å².